The third-order valence-electron chi connectivity index (χ3n) is 8.29. The molecular formula is C35H30BrClF3N7O6. The summed E-state index contributed by atoms with van der Waals surface area (Å²) in [6, 6.07) is 15.9. The summed E-state index contributed by atoms with van der Waals surface area (Å²) in [6.45, 7) is -0.0769. The van der Waals surface area contributed by atoms with Gasteiger partial charge in [0, 0.05) is 47.1 Å². The second-order valence-corrected chi connectivity index (χ2v) is 13.2. The molecule has 1 aliphatic heterocycles. The fourth-order valence-corrected chi connectivity index (χ4v) is 6.29. The van der Waals surface area contributed by atoms with Crippen molar-refractivity contribution in [3.05, 3.63) is 122 Å². The van der Waals surface area contributed by atoms with E-state index in [1.165, 1.54) is 39.8 Å². The molecule has 0 saturated heterocycles. The van der Waals surface area contributed by atoms with E-state index in [1.807, 2.05) is 0 Å². The molecule has 276 valence electrons. The Morgan fingerprint density at radius 3 is 2.43 bits per heavy atom. The quantitative estimate of drug-likeness (QED) is 0.186. The Kier molecular flexibility index (Phi) is 10.7. The molecule has 0 aliphatic carbocycles. The van der Waals surface area contributed by atoms with Crippen LogP contribution in [-0.4, -0.2) is 67.5 Å². The molecule has 0 radical (unpaired) electrons. The number of amides is 3. The molecule has 2 aromatic heterocycles. The molecule has 0 spiro atoms. The second-order valence-electron chi connectivity index (χ2n) is 11.9. The van der Waals surface area contributed by atoms with Gasteiger partial charge in [-0.05, 0) is 77.5 Å². The number of nitrogens with one attached hydrogen (secondary N) is 1. The molecule has 13 nitrogen and oxygen atoms in total. The van der Waals surface area contributed by atoms with Crippen molar-refractivity contribution in [1.82, 2.24) is 29.1 Å². The molecule has 3 N–H and O–H groups in total. The first kappa shape index (κ1) is 37.2. The summed E-state index contributed by atoms with van der Waals surface area (Å²) in [4.78, 5) is 54.8. The number of alkyl halides is 3. The summed E-state index contributed by atoms with van der Waals surface area (Å²) < 4.78 is 53.4. The van der Waals surface area contributed by atoms with Gasteiger partial charge in [0.1, 0.15) is 17.2 Å². The normalized spacial score (nSPS) is 13.3. The van der Waals surface area contributed by atoms with E-state index in [0.29, 0.717) is 32.1 Å². The zero-order chi connectivity index (χ0) is 38.0. The van der Waals surface area contributed by atoms with Crippen LogP contribution in [0.15, 0.2) is 88.4 Å². The lowest BCUT2D eigenvalue weighted by Gasteiger charge is -2.28. The molecular weight excluding hydrogens is 787 g/mol. The van der Waals surface area contributed by atoms with Crippen molar-refractivity contribution >= 4 is 45.3 Å². The van der Waals surface area contributed by atoms with Gasteiger partial charge in [0.25, 0.3) is 17.7 Å². The summed E-state index contributed by atoms with van der Waals surface area (Å²) in [5.41, 5.74) is 6.39. The number of fused-ring (bicyclic) bond motifs is 1. The second kappa shape index (κ2) is 15.2. The maximum absolute atomic E-state index is 14.4. The van der Waals surface area contributed by atoms with Crippen LogP contribution < -0.4 is 26.2 Å². The number of ether oxygens (including phenoxy) is 2. The minimum atomic E-state index is -4.56. The average Bonchev–Trinajstić information content (AvgIpc) is 3.77. The van der Waals surface area contributed by atoms with Crippen molar-refractivity contribution in [3.63, 3.8) is 0 Å². The van der Waals surface area contributed by atoms with Gasteiger partial charge in [-0.15, -0.1) is 0 Å². The molecule has 0 fully saturated rings. The number of nitrogens with zero attached hydrogens (tertiary/aromatic N) is 5. The smallest absolute Gasteiger partial charge is 0.422 e. The molecule has 1 aliphatic rings. The van der Waals surface area contributed by atoms with Crippen LogP contribution >= 0.6 is 27.5 Å². The number of hydrogen-bond donors (Lipinski definition) is 2. The molecule has 1 atom stereocenters. The minimum Gasteiger partial charge on any atom is -0.484 e. The Labute approximate surface area is 312 Å². The van der Waals surface area contributed by atoms with E-state index in [0.717, 1.165) is 4.57 Å². The number of primary amides is 1. The van der Waals surface area contributed by atoms with E-state index in [1.54, 1.807) is 60.4 Å². The summed E-state index contributed by atoms with van der Waals surface area (Å²) >= 11 is 9.57. The SMILES string of the molecule is C[C@@H](NC(=O)c1c2n(c(=O)n1-c1ccc(OCC(F)(F)F)cc1)CCN(C(=O)c1ccc(Br)c(Cl)c1)C2)c1ccc(OCC(N)=O)cc1-n1cccn1. The van der Waals surface area contributed by atoms with Gasteiger partial charge in [0.2, 0.25) is 0 Å². The molecule has 3 aromatic carbocycles. The molecule has 18 heteroatoms. The predicted molar refractivity (Wildman–Crippen MR) is 190 cm³/mol. The fourth-order valence-electron chi connectivity index (χ4n) is 5.86. The van der Waals surface area contributed by atoms with Crippen LogP contribution in [0.3, 0.4) is 0 Å². The molecule has 0 bridgehead atoms. The predicted octanol–water partition coefficient (Wildman–Crippen LogP) is 5.19. The number of imidazole rings is 1. The van der Waals surface area contributed by atoms with Gasteiger partial charge < -0.3 is 25.4 Å². The van der Waals surface area contributed by atoms with Gasteiger partial charge in [0.15, 0.2) is 13.2 Å². The monoisotopic (exact) mass is 815 g/mol. The van der Waals surface area contributed by atoms with Crippen LogP contribution in [0.1, 0.15) is 45.1 Å². The Hall–Kier alpha value is -5.55. The highest BCUT2D eigenvalue weighted by molar-refractivity contribution is 9.10. The number of carbonyl (C=O) groups excluding carboxylic acids is 3. The number of halogens is 5. The zero-order valence-corrected chi connectivity index (χ0v) is 30.1. The Balaban J connectivity index is 1.38. The van der Waals surface area contributed by atoms with Gasteiger partial charge in [0.05, 0.1) is 34.7 Å². The standard InChI is InChI=1S/C35H30BrClF3N7O6/c1-20(25-9-8-24(52-18-30(41)48)16-28(25)46-12-2-11-42-46)43-32(49)31-29-17-44(33(50)21-3-10-26(36)27(37)15-21)13-14-45(29)34(51)47(31)22-4-6-23(7-5-22)53-19-35(38,39)40/h2-12,15-16,20H,13-14,17-19H2,1H3,(H2,41,48)(H,43,49)/t20-/m1/s1. The first-order valence-corrected chi connectivity index (χ1v) is 17.1. The Morgan fingerprint density at radius 1 is 1.04 bits per heavy atom. The van der Waals surface area contributed by atoms with Crippen LogP contribution in [0.5, 0.6) is 11.5 Å². The highest BCUT2D eigenvalue weighted by atomic mass is 79.9. The van der Waals surface area contributed by atoms with E-state index in [4.69, 9.17) is 26.8 Å². The minimum absolute atomic E-state index is 0.0516. The molecule has 3 heterocycles. The largest absolute Gasteiger partial charge is 0.484 e. The van der Waals surface area contributed by atoms with Crippen molar-refractivity contribution in [1.29, 1.82) is 0 Å². The van der Waals surface area contributed by atoms with Crippen LogP contribution in [0.2, 0.25) is 5.02 Å². The number of hydrogen-bond acceptors (Lipinski definition) is 7. The van der Waals surface area contributed by atoms with E-state index in [2.05, 4.69) is 26.3 Å². The van der Waals surface area contributed by atoms with Gasteiger partial charge >= 0.3 is 11.9 Å². The average molecular weight is 817 g/mol. The zero-order valence-electron chi connectivity index (χ0n) is 27.8. The fraction of sp³-hybridized carbons (Fsp3) is 0.229. The summed E-state index contributed by atoms with van der Waals surface area (Å²) in [6.07, 6.45) is -1.32. The maximum atomic E-state index is 14.4. The lowest BCUT2D eigenvalue weighted by molar-refractivity contribution is -0.153. The van der Waals surface area contributed by atoms with Gasteiger partial charge in [-0.3, -0.25) is 23.5 Å². The van der Waals surface area contributed by atoms with E-state index < -0.39 is 36.3 Å². The van der Waals surface area contributed by atoms with E-state index in [-0.39, 0.29) is 55.0 Å². The number of nitrogens with two attached hydrogens (primary N) is 1. The van der Waals surface area contributed by atoms with Crippen molar-refractivity contribution in [2.75, 3.05) is 19.8 Å². The highest BCUT2D eigenvalue weighted by Crippen LogP contribution is 2.29. The molecule has 6 rings (SSSR count). The first-order valence-electron chi connectivity index (χ1n) is 15.9. The molecule has 5 aromatic rings. The van der Waals surface area contributed by atoms with E-state index in [9.17, 15) is 32.3 Å². The Bertz CT molecular complexity index is 2240. The lowest BCUT2D eigenvalue weighted by Crippen LogP contribution is -2.41. The summed E-state index contributed by atoms with van der Waals surface area (Å²) in [5.74, 6) is -1.49. The number of rotatable bonds is 11. The van der Waals surface area contributed by atoms with Crippen molar-refractivity contribution in [2.45, 2.75) is 32.2 Å². The molecule has 0 saturated carbocycles. The number of carbonyl (C=O) groups is 3. The summed E-state index contributed by atoms with van der Waals surface area (Å²) in [7, 11) is 0. The lowest BCUT2D eigenvalue weighted by atomic mass is 10.0. The Morgan fingerprint density at radius 2 is 1.77 bits per heavy atom. The van der Waals surface area contributed by atoms with Crippen LogP contribution in [0.4, 0.5) is 13.2 Å². The van der Waals surface area contributed by atoms with Crippen molar-refractivity contribution in [2.24, 2.45) is 5.73 Å². The van der Waals surface area contributed by atoms with Crippen molar-refractivity contribution < 1.29 is 37.0 Å². The highest BCUT2D eigenvalue weighted by Gasteiger charge is 2.33. The van der Waals surface area contributed by atoms with E-state index >= 15 is 0 Å². The third kappa shape index (κ3) is 8.25. The van der Waals surface area contributed by atoms with Crippen molar-refractivity contribution in [3.8, 4) is 22.9 Å². The maximum Gasteiger partial charge on any atom is 0.422 e. The van der Waals surface area contributed by atoms with Gasteiger partial charge in [-0.1, -0.05) is 17.7 Å². The van der Waals surface area contributed by atoms with Crippen LogP contribution in [0.25, 0.3) is 11.4 Å². The third-order valence-corrected chi connectivity index (χ3v) is 9.53. The summed E-state index contributed by atoms with van der Waals surface area (Å²) in [5, 5.41) is 7.58. The molecule has 0 unspecified atom stereocenters. The molecule has 3 amide bonds. The number of aromatic nitrogens is 4. The van der Waals surface area contributed by atoms with Crippen LogP contribution in [0, 0.1) is 0 Å². The topological polar surface area (TPSA) is 156 Å². The molecule has 53 heavy (non-hydrogen) atoms. The first-order chi connectivity index (χ1) is 25.2. The van der Waals surface area contributed by atoms with Crippen LogP contribution in [-0.2, 0) is 17.9 Å². The number of benzene rings is 3. The van der Waals surface area contributed by atoms with Gasteiger partial charge in [-0.25, -0.2) is 9.48 Å². The van der Waals surface area contributed by atoms with Gasteiger partial charge in [-0.2, -0.15) is 18.3 Å².